The number of amides is 1. The molecule has 1 saturated heterocycles. The first-order valence-corrected chi connectivity index (χ1v) is 5.72. The summed E-state index contributed by atoms with van der Waals surface area (Å²) in [6.07, 6.45) is 5.46. The second kappa shape index (κ2) is 4.65. The molecule has 0 aromatic carbocycles. The SMILES string of the molecule is CC(Cn1cccn1)N1CCCC(N)C1=O. The largest absolute Gasteiger partial charge is 0.337 e. The second-order valence-electron chi connectivity index (χ2n) is 4.36. The van der Waals surface area contributed by atoms with E-state index in [2.05, 4.69) is 5.10 Å². The lowest BCUT2D eigenvalue weighted by atomic mass is 10.0. The summed E-state index contributed by atoms with van der Waals surface area (Å²) in [6, 6.07) is 1.73. The maximum Gasteiger partial charge on any atom is 0.239 e. The summed E-state index contributed by atoms with van der Waals surface area (Å²) >= 11 is 0. The standard InChI is InChI=1S/C11H18N4O/c1-9(8-14-6-3-5-13-14)15-7-2-4-10(12)11(15)16/h3,5-6,9-10H,2,4,7-8,12H2,1H3. The lowest BCUT2D eigenvalue weighted by Gasteiger charge is -2.35. The molecular weight excluding hydrogens is 204 g/mol. The topological polar surface area (TPSA) is 64.2 Å². The van der Waals surface area contributed by atoms with Crippen molar-refractivity contribution < 1.29 is 4.79 Å². The van der Waals surface area contributed by atoms with Crippen LogP contribution in [0.15, 0.2) is 18.5 Å². The van der Waals surface area contributed by atoms with Crippen LogP contribution in [0.2, 0.25) is 0 Å². The molecule has 1 amide bonds. The molecule has 2 atom stereocenters. The van der Waals surface area contributed by atoms with Gasteiger partial charge in [-0.2, -0.15) is 5.10 Å². The van der Waals surface area contributed by atoms with E-state index in [9.17, 15) is 4.79 Å². The van der Waals surface area contributed by atoms with Gasteiger partial charge < -0.3 is 10.6 Å². The Morgan fingerprint density at radius 2 is 2.50 bits per heavy atom. The summed E-state index contributed by atoms with van der Waals surface area (Å²) in [7, 11) is 0. The van der Waals surface area contributed by atoms with Crippen LogP contribution in [0.5, 0.6) is 0 Å². The lowest BCUT2D eigenvalue weighted by molar-refractivity contribution is -0.137. The molecule has 1 aliphatic rings. The van der Waals surface area contributed by atoms with Gasteiger partial charge in [-0.15, -0.1) is 0 Å². The molecule has 1 aromatic heterocycles. The van der Waals surface area contributed by atoms with Crippen molar-refractivity contribution in [2.45, 2.75) is 38.4 Å². The predicted molar refractivity (Wildman–Crippen MR) is 60.6 cm³/mol. The molecule has 16 heavy (non-hydrogen) atoms. The van der Waals surface area contributed by atoms with E-state index in [1.54, 1.807) is 6.20 Å². The molecule has 1 aromatic rings. The number of carbonyl (C=O) groups excluding carboxylic acids is 1. The Morgan fingerprint density at radius 3 is 3.19 bits per heavy atom. The van der Waals surface area contributed by atoms with Gasteiger partial charge in [0.15, 0.2) is 0 Å². The van der Waals surface area contributed by atoms with E-state index in [4.69, 9.17) is 5.73 Å². The Kier molecular flexibility index (Phi) is 3.24. The number of likely N-dealkylation sites (tertiary alicyclic amines) is 1. The normalized spacial score (nSPS) is 23.5. The van der Waals surface area contributed by atoms with Gasteiger partial charge in [0.2, 0.25) is 5.91 Å². The molecular formula is C11H18N4O. The monoisotopic (exact) mass is 222 g/mol. The van der Waals surface area contributed by atoms with E-state index in [0.717, 1.165) is 25.9 Å². The quantitative estimate of drug-likeness (QED) is 0.795. The second-order valence-corrected chi connectivity index (χ2v) is 4.36. The summed E-state index contributed by atoms with van der Waals surface area (Å²) in [5.74, 6) is 0.0749. The van der Waals surface area contributed by atoms with Crippen LogP contribution in [0.3, 0.4) is 0 Å². The summed E-state index contributed by atoms with van der Waals surface area (Å²) in [5.41, 5.74) is 5.77. The number of nitrogens with two attached hydrogens (primary N) is 1. The maximum absolute atomic E-state index is 11.9. The van der Waals surface area contributed by atoms with E-state index in [1.807, 2.05) is 28.8 Å². The van der Waals surface area contributed by atoms with Crippen LogP contribution in [0.4, 0.5) is 0 Å². The summed E-state index contributed by atoms with van der Waals surface area (Å²) < 4.78 is 1.85. The third kappa shape index (κ3) is 2.24. The minimum Gasteiger partial charge on any atom is -0.337 e. The molecule has 2 rings (SSSR count). The summed E-state index contributed by atoms with van der Waals surface area (Å²) in [6.45, 7) is 3.58. The zero-order valence-electron chi connectivity index (χ0n) is 9.54. The molecule has 2 N–H and O–H groups in total. The molecule has 0 radical (unpaired) electrons. The number of rotatable bonds is 3. The molecule has 0 bridgehead atoms. The van der Waals surface area contributed by atoms with Crippen molar-refractivity contribution in [2.75, 3.05) is 6.54 Å². The van der Waals surface area contributed by atoms with Crippen molar-refractivity contribution in [1.29, 1.82) is 0 Å². The molecule has 5 heteroatoms. The predicted octanol–water partition coefficient (Wildman–Crippen LogP) is 0.221. The lowest BCUT2D eigenvalue weighted by Crippen LogP contribution is -2.52. The summed E-state index contributed by atoms with van der Waals surface area (Å²) in [4.78, 5) is 13.7. The van der Waals surface area contributed by atoms with Gasteiger partial charge in [0.05, 0.1) is 12.6 Å². The van der Waals surface area contributed by atoms with Crippen LogP contribution in [0.25, 0.3) is 0 Å². The van der Waals surface area contributed by atoms with Crippen molar-refractivity contribution in [1.82, 2.24) is 14.7 Å². The highest BCUT2D eigenvalue weighted by atomic mass is 16.2. The van der Waals surface area contributed by atoms with Gasteiger partial charge in [0.25, 0.3) is 0 Å². The Balaban J connectivity index is 1.98. The fraction of sp³-hybridized carbons (Fsp3) is 0.636. The highest BCUT2D eigenvalue weighted by Gasteiger charge is 2.28. The Hall–Kier alpha value is -1.36. The van der Waals surface area contributed by atoms with Gasteiger partial charge in [-0.05, 0) is 25.8 Å². The van der Waals surface area contributed by atoms with Gasteiger partial charge in [0, 0.05) is 25.0 Å². The van der Waals surface area contributed by atoms with Gasteiger partial charge in [-0.25, -0.2) is 0 Å². The molecule has 2 heterocycles. The van der Waals surface area contributed by atoms with E-state index in [-0.39, 0.29) is 18.0 Å². The third-order valence-corrected chi connectivity index (χ3v) is 3.06. The molecule has 0 spiro atoms. The highest BCUT2D eigenvalue weighted by Crippen LogP contribution is 2.14. The number of piperidine rings is 1. The van der Waals surface area contributed by atoms with Crippen molar-refractivity contribution in [2.24, 2.45) is 5.73 Å². The molecule has 1 aliphatic heterocycles. The van der Waals surface area contributed by atoms with E-state index < -0.39 is 0 Å². The number of nitrogens with zero attached hydrogens (tertiary/aromatic N) is 3. The third-order valence-electron chi connectivity index (χ3n) is 3.06. The first kappa shape index (κ1) is 11.1. The Morgan fingerprint density at radius 1 is 1.69 bits per heavy atom. The zero-order chi connectivity index (χ0) is 11.5. The highest BCUT2D eigenvalue weighted by molar-refractivity contribution is 5.82. The van der Waals surface area contributed by atoms with Gasteiger partial charge in [-0.3, -0.25) is 9.48 Å². The van der Waals surface area contributed by atoms with Crippen LogP contribution < -0.4 is 5.73 Å². The number of hydrogen-bond acceptors (Lipinski definition) is 3. The zero-order valence-corrected chi connectivity index (χ0v) is 9.54. The van der Waals surface area contributed by atoms with Crippen LogP contribution in [-0.4, -0.2) is 39.2 Å². The van der Waals surface area contributed by atoms with Crippen molar-refractivity contribution in [3.63, 3.8) is 0 Å². The van der Waals surface area contributed by atoms with E-state index in [1.165, 1.54) is 0 Å². The van der Waals surface area contributed by atoms with Crippen LogP contribution >= 0.6 is 0 Å². The van der Waals surface area contributed by atoms with Crippen molar-refractivity contribution in [3.05, 3.63) is 18.5 Å². The molecule has 1 fully saturated rings. The van der Waals surface area contributed by atoms with Crippen LogP contribution in [-0.2, 0) is 11.3 Å². The van der Waals surface area contributed by atoms with Gasteiger partial charge in [0.1, 0.15) is 0 Å². The molecule has 0 saturated carbocycles. The number of hydrogen-bond donors (Lipinski definition) is 1. The minimum absolute atomic E-state index is 0.0749. The maximum atomic E-state index is 11.9. The number of aromatic nitrogens is 2. The Bertz CT molecular complexity index is 349. The van der Waals surface area contributed by atoms with Gasteiger partial charge >= 0.3 is 0 Å². The van der Waals surface area contributed by atoms with Gasteiger partial charge in [-0.1, -0.05) is 0 Å². The average molecular weight is 222 g/mol. The first-order chi connectivity index (χ1) is 7.68. The summed E-state index contributed by atoms with van der Waals surface area (Å²) in [5, 5.41) is 4.14. The molecule has 0 aliphatic carbocycles. The molecule has 88 valence electrons. The minimum atomic E-state index is -0.311. The van der Waals surface area contributed by atoms with Crippen LogP contribution in [0, 0.1) is 0 Å². The fourth-order valence-corrected chi connectivity index (χ4v) is 2.14. The van der Waals surface area contributed by atoms with Crippen molar-refractivity contribution in [3.8, 4) is 0 Å². The van der Waals surface area contributed by atoms with Crippen molar-refractivity contribution >= 4 is 5.91 Å². The first-order valence-electron chi connectivity index (χ1n) is 5.72. The van der Waals surface area contributed by atoms with E-state index >= 15 is 0 Å². The smallest absolute Gasteiger partial charge is 0.239 e. The van der Waals surface area contributed by atoms with Crippen LogP contribution in [0.1, 0.15) is 19.8 Å². The van der Waals surface area contributed by atoms with E-state index in [0.29, 0.717) is 0 Å². The number of carbonyl (C=O) groups is 1. The molecule has 5 nitrogen and oxygen atoms in total. The average Bonchev–Trinajstić information content (AvgIpc) is 2.74. The fourth-order valence-electron chi connectivity index (χ4n) is 2.14. The Labute approximate surface area is 95.2 Å². The molecule has 2 unspecified atom stereocenters.